The van der Waals surface area contributed by atoms with Gasteiger partial charge in [-0.25, -0.2) is 8.78 Å². The van der Waals surface area contributed by atoms with Gasteiger partial charge in [0.15, 0.2) is 0 Å². The van der Waals surface area contributed by atoms with Crippen LogP contribution in [0.4, 0.5) is 8.78 Å². The molecule has 3 fully saturated rings. The molecule has 0 bridgehead atoms. The number of nitrogens with one attached hydrogen (secondary N) is 1. The average molecular weight is 416 g/mol. The molecule has 4 aliphatic rings. The van der Waals surface area contributed by atoms with E-state index in [1.807, 2.05) is 6.08 Å². The maximum Gasteiger partial charge on any atom is 0.125 e. The molecule has 7 heteroatoms. The molecule has 29 heavy (non-hydrogen) atoms. The predicted octanol–water partition coefficient (Wildman–Crippen LogP) is 2.79. The van der Waals surface area contributed by atoms with Crippen LogP contribution in [0.2, 0.25) is 0 Å². The van der Waals surface area contributed by atoms with Crippen LogP contribution in [0, 0.1) is 11.8 Å². The van der Waals surface area contributed by atoms with E-state index in [1.54, 1.807) is 0 Å². The molecule has 0 radical (unpaired) electrons. The molecule has 9 atom stereocenters. The zero-order chi connectivity index (χ0) is 20.4. The highest BCUT2D eigenvalue weighted by Crippen LogP contribution is 2.38. The molecule has 0 amide bonds. The summed E-state index contributed by atoms with van der Waals surface area (Å²) in [6.45, 7) is 0.667. The summed E-state index contributed by atoms with van der Waals surface area (Å²) < 4.78 is 39.0. The molecule has 3 N–H and O–H groups in total. The van der Waals surface area contributed by atoms with Crippen LogP contribution in [0.25, 0.3) is 0 Å². The zero-order valence-electron chi connectivity index (χ0n) is 17.0. The van der Waals surface area contributed by atoms with Crippen LogP contribution in [0.15, 0.2) is 11.8 Å². The third-order valence-electron chi connectivity index (χ3n) is 7.19. The molecule has 4 rings (SSSR count). The van der Waals surface area contributed by atoms with Crippen molar-refractivity contribution in [2.24, 2.45) is 11.8 Å². The highest BCUT2D eigenvalue weighted by atomic mass is 19.1. The van der Waals surface area contributed by atoms with E-state index in [4.69, 9.17) is 9.47 Å². The first-order valence-electron chi connectivity index (χ1n) is 11.4. The molecule has 0 aromatic carbocycles. The van der Waals surface area contributed by atoms with E-state index in [1.165, 1.54) is 0 Å². The number of fused-ring (bicyclic) bond motifs is 2. The van der Waals surface area contributed by atoms with Crippen molar-refractivity contribution in [2.75, 3.05) is 13.1 Å². The summed E-state index contributed by atoms with van der Waals surface area (Å²) in [6.07, 6.45) is 4.57. The third-order valence-corrected chi connectivity index (χ3v) is 7.19. The first-order valence-corrected chi connectivity index (χ1v) is 11.4. The fourth-order valence-electron chi connectivity index (χ4n) is 5.46. The lowest BCUT2D eigenvalue weighted by Crippen LogP contribution is -2.48. The van der Waals surface area contributed by atoms with Crippen molar-refractivity contribution in [1.29, 1.82) is 0 Å². The van der Waals surface area contributed by atoms with Crippen LogP contribution >= 0.6 is 0 Å². The number of allylic oxidation sites excluding steroid dienone is 2. The van der Waals surface area contributed by atoms with Gasteiger partial charge in [0.1, 0.15) is 24.6 Å². The molecule has 2 aliphatic heterocycles. The van der Waals surface area contributed by atoms with Crippen LogP contribution < -0.4 is 5.32 Å². The highest BCUT2D eigenvalue weighted by molar-refractivity contribution is 5.08. The normalized spacial score (nSPS) is 42.1. The van der Waals surface area contributed by atoms with Crippen molar-refractivity contribution in [2.45, 2.75) is 101 Å². The van der Waals surface area contributed by atoms with E-state index in [9.17, 15) is 19.0 Å². The van der Waals surface area contributed by atoms with Crippen molar-refractivity contribution < 1.29 is 28.5 Å². The van der Waals surface area contributed by atoms with Crippen molar-refractivity contribution in [1.82, 2.24) is 5.32 Å². The van der Waals surface area contributed by atoms with Crippen molar-refractivity contribution in [3.63, 3.8) is 0 Å². The first kappa shape index (κ1) is 21.5. The van der Waals surface area contributed by atoms with E-state index in [0.717, 1.165) is 31.4 Å². The van der Waals surface area contributed by atoms with Crippen LogP contribution in [0.3, 0.4) is 0 Å². The lowest BCUT2D eigenvalue weighted by Gasteiger charge is -2.42. The molecular formula is C22H35F2NO4. The van der Waals surface area contributed by atoms with Gasteiger partial charge in [0.05, 0.1) is 24.1 Å². The monoisotopic (exact) mass is 415 g/mol. The SMILES string of the molecule is OC(CNCC(O)C1CCC2CC(F)CCC2O1)C1CCC2CC(F)CC=C2O1. The highest BCUT2D eigenvalue weighted by Gasteiger charge is 2.39. The van der Waals surface area contributed by atoms with E-state index in [2.05, 4.69) is 5.32 Å². The summed E-state index contributed by atoms with van der Waals surface area (Å²) in [7, 11) is 0. The molecule has 0 spiro atoms. The maximum absolute atomic E-state index is 13.5. The van der Waals surface area contributed by atoms with Gasteiger partial charge in [-0.3, -0.25) is 0 Å². The summed E-state index contributed by atoms with van der Waals surface area (Å²) in [6, 6.07) is 0. The Kier molecular flexibility index (Phi) is 7.10. The fourth-order valence-corrected chi connectivity index (χ4v) is 5.46. The average Bonchev–Trinajstić information content (AvgIpc) is 2.72. The Morgan fingerprint density at radius 3 is 2.52 bits per heavy atom. The predicted molar refractivity (Wildman–Crippen MR) is 105 cm³/mol. The number of rotatable bonds is 6. The standard InChI is InChI=1S/C22H35F2NO4/c23-15-3-7-19-13(9-15)1-5-21(28-19)17(26)11-25-12-18(27)22-6-2-14-10-16(24)4-8-20(14)29-22/h7,13-18,20-22,25-27H,1-6,8-12H2. The molecular weight excluding hydrogens is 380 g/mol. The quantitative estimate of drug-likeness (QED) is 0.622. The second-order valence-electron chi connectivity index (χ2n) is 9.36. The van der Waals surface area contributed by atoms with Crippen LogP contribution in [-0.4, -0.2) is 66.2 Å². The van der Waals surface area contributed by atoms with Gasteiger partial charge in [0.2, 0.25) is 0 Å². The lowest BCUT2D eigenvalue weighted by atomic mass is 9.79. The fraction of sp³-hybridized carbons (Fsp3) is 0.909. The van der Waals surface area contributed by atoms with Crippen LogP contribution in [0.5, 0.6) is 0 Å². The number of halogens is 2. The molecule has 9 unspecified atom stereocenters. The van der Waals surface area contributed by atoms with E-state index in [-0.39, 0.29) is 30.1 Å². The summed E-state index contributed by atoms with van der Waals surface area (Å²) in [5.74, 6) is 1.27. The Morgan fingerprint density at radius 2 is 1.69 bits per heavy atom. The Balaban J connectivity index is 1.17. The maximum atomic E-state index is 13.5. The summed E-state index contributed by atoms with van der Waals surface area (Å²) >= 11 is 0. The van der Waals surface area contributed by atoms with Gasteiger partial charge >= 0.3 is 0 Å². The van der Waals surface area contributed by atoms with Crippen molar-refractivity contribution >= 4 is 0 Å². The molecule has 2 saturated heterocycles. The largest absolute Gasteiger partial charge is 0.492 e. The van der Waals surface area contributed by atoms with Crippen LogP contribution in [-0.2, 0) is 9.47 Å². The molecule has 5 nitrogen and oxygen atoms in total. The Hall–Kier alpha value is -0.760. The first-order chi connectivity index (χ1) is 14.0. The third kappa shape index (κ3) is 5.30. The molecule has 166 valence electrons. The molecule has 2 aliphatic carbocycles. The number of hydrogen-bond acceptors (Lipinski definition) is 5. The topological polar surface area (TPSA) is 71.0 Å². The van der Waals surface area contributed by atoms with Gasteiger partial charge in [-0.15, -0.1) is 0 Å². The minimum Gasteiger partial charge on any atom is -0.492 e. The number of aliphatic hydroxyl groups is 2. The lowest BCUT2D eigenvalue weighted by molar-refractivity contribution is -0.145. The molecule has 1 saturated carbocycles. The number of ether oxygens (including phenoxy) is 2. The van der Waals surface area contributed by atoms with Crippen molar-refractivity contribution in [3.05, 3.63) is 11.8 Å². The second-order valence-corrected chi connectivity index (χ2v) is 9.36. The van der Waals surface area contributed by atoms with Crippen LogP contribution in [0.1, 0.15) is 57.8 Å². The summed E-state index contributed by atoms with van der Waals surface area (Å²) in [4.78, 5) is 0. The minimum absolute atomic E-state index is 0.0669. The van der Waals surface area contributed by atoms with Gasteiger partial charge in [-0.05, 0) is 63.4 Å². The molecule has 0 aromatic rings. The smallest absolute Gasteiger partial charge is 0.125 e. The van der Waals surface area contributed by atoms with Gasteiger partial charge < -0.3 is 25.0 Å². The molecule has 0 aromatic heterocycles. The van der Waals surface area contributed by atoms with Gasteiger partial charge in [-0.1, -0.05) is 0 Å². The Labute approximate surface area is 171 Å². The summed E-state index contributed by atoms with van der Waals surface area (Å²) in [5, 5.41) is 24.1. The number of aliphatic hydroxyl groups excluding tert-OH is 2. The summed E-state index contributed by atoms with van der Waals surface area (Å²) in [5.41, 5.74) is 0. The van der Waals surface area contributed by atoms with Crippen molar-refractivity contribution in [3.8, 4) is 0 Å². The van der Waals surface area contributed by atoms with Gasteiger partial charge in [0, 0.05) is 25.4 Å². The Morgan fingerprint density at radius 1 is 0.931 bits per heavy atom. The van der Waals surface area contributed by atoms with E-state index in [0.29, 0.717) is 45.2 Å². The van der Waals surface area contributed by atoms with Gasteiger partial charge in [-0.2, -0.15) is 0 Å². The van der Waals surface area contributed by atoms with Gasteiger partial charge in [0.25, 0.3) is 0 Å². The minimum atomic E-state index is -0.777. The zero-order valence-corrected chi connectivity index (χ0v) is 17.0. The Bertz CT molecular complexity index is 577. The van der Waals surface area contributed by atoms with E-state index >= 15 is 0 Å². The van der Waals surface area contributed by atoms with E-state index < -0.39 is 24.6 Å². The number of alkyl halides is 2. The molecule has 2 heterocycles. The second kappa shape index (κ2) is 9.58. The number of hydrogen-bond donors (Lipinski definition) is 3.